The lowest BCUT2D eigenvalue weighted by atomic mass is 10.1. The molecule has 0 radical (unpaired) electrons. The van der Waals surface area contributed by atoms with Gasteiger partial charge in [-0.3, -0.25) is 4.79 Å². The Bertz CT molecular complexity index is 623. The van der Waals surface area contributed by atoms with Gasteiger partial charge in [-0.1, -0.05) is 57.5 Å². The topological polar surface area (TPSA) is 20.3 Å². The van der Waals surface area contributed by atoms with Crippen LogP contribution in [0.4, 0.5) is 0 Å². The summed E-state index contributed by atoms with van der Waals surface area (Å²) in [4.78, 5) is 15.5. The summed E-state index contributed by atoms with van der Waals surface area (Å²) >= 11 is 7.92. The van der Waals surface area contributed by atoms with E-state index in [9.17, 15) is 4.79 Å². The Morgan fingerprint density at radius 1 is 1.14 bits per heavy atom. The maximum absolute atomic E-state index is 12.9. The lowest BCUT2D eigenvalue weighted by molar-refractivity contribution is 0.0720. The molecule has 1 aromatic heterocycles. The van der Waals surface area contributed by atoms with E-state index in [0.29, 0.717) is 21.7 Å². The molecule has 0 unspecified atom stereocenters. The molecule has 4 heteroatoms. The Balaban J connectivity index is 2.35. The molecular formula is C17H22ClNOS. The normalized spacial score (nSPS) is 11.6. The van der Waals surface area contributed by atoms with Crippen molar-refractivity contribution in [1.29, 1.82) is 0 Å². The van der Waals surface area contributed by atoms with Crippen LogP contribution < -0.4 is 0 Å². The van der Waals surface area contributed by atoms with Crippen LogP contribution in [0.2, 0.25) is 5.02 Å². The number of hydrogen-bond donors (Lipinski definition) is 0. The SMILES string of the molecule is CC(C)CN(CC(C)C)C(=O)c1sc2ccccc2c1Cl. The number of rotatable bonds is 5. The van der Waals surface area contributed by atoms with Crippen LogP contribution in [-0.2, 0) is 0 Å². The van der Waals surface area contributed by atoms with Gasteiger partial charge in [0.1, 0.15) is 4.88 Å². The molecule has 0 aliphatic rings. The molecular weight excluding hydrogens is 302 g/mol. The minimum Gasteiger partial charge on any atom is -0.337 e. The molecule has 0 atom stereocenters. The Labute approximate surface area is 135 Å². The van der Waals surface area contributed by atoms with Gasteiger partial charge in [-0.25, -0.2) is 0 Å². The summed E-state index contributed by atoms with van der Waals surface area (Å²) in [6.07, 6.45) is 0. The van der Waals surface area contributed by atoms with E-state index in [1.165, 1.54) is 11.3 Å². The van der Waals surface area contributed by atoms with Crippen LogP contribution in [0.5, 0.6) is 0 Å². The highest BCUT2D eigenvalue weighted by molar-refractivity contribution is 7.21. The Hall–Kier alpha value is -1.06. The summed E-state index contributed by atoms with van der Waals surface area (Å²) in [5.74, 6) is 0.949. The average Bonchev–Trinajstić information content (AvgIpc) is 2.74. The van der Waals surface area contributed by atoms with E-state index >= 15 is 0 Å². The first-order chi connectivity index (χ1) is 9.90. The van der Waals surface area contributed by atoms with Gasteiger partial charge < -0.3 is 4.90 Å². The molecule has 21 heavy (non-hydrogen) atoms. The first-order valence-corrected chi connectivity index (χ1v) is 8.56. The van der Waals surface area contributed by atoms with Crippen molar-refractivity contribution < 1.29 is 4.79 Å². The van der Waals surface area contributed by atoms with Gasteiger partial charge in [0.2, 0.25) is 0 Å². The number of benzene rings is 1. The van der Waals surface area contributed by atoms with E-state index in [2.05, 4.69) is 27.7 Å². The second-order valence-electron chi connectivity index (χ2n) is 6.24. The molecule has 2 rings (SSSR count). The third kappa shape index (κ3) is 3.78. The van der Waals surface area contributed by atoms with E-state index < -0.39 is 0 Å². The summed E-state index contributed by atoms with van der Waals surface area (Å²) in [6, 6.07) is 7.91. The van der Waals surface area contributed by atoms with Crippen molar-refractivity contribution in [2.24, 2.45) is 11.8 Å². The van der Waals surface area contributed by atoms with Crippen molar-refractivity contribution in [3.05, 3.63) is 34.2 Å². The van der Waals surface area contributed by atoms with Crippen molar-refractivity contribution in [1.82, 2.24) is 4.90 Å². The highest BCUT2D eigenvalue weighted by atomic mass is 35.5. The van der Waals surface area contributed by atoms with Gasteiger partial charge >= 0.3 is 0 Å². The molecule has 0 aliphatic heterocycles. The van der Waals surface area contributed by atoms with Crippen molar-refractivity contribution in [2.75, 3.05) is 13.1 Å². The van der Waals surface area contributed by atoms with Crippen LogP contribution in [0.15, 0.2) is 24.3 Å². The van der Waals surface area contributed by atoms with Gasteiger partial charge in [0.25, 0.3) is 5.91 Å². The number of fused-ring (bicyclic) bond motifs is 1. The largest absolute Gasteiger partial charge is 0.337 e. The zero-order valence-electron chi connectivity index (χ0n) is 13.0. The second kappa shape index (κ2) is 6.80. The lowest BCUT2D eigenvalue weighted by Crippen LogP contribution is -2.36. The number of carbonyl (C=O) groups excluding carboxylic acids is 1. The van der Waals surface area contributed by atoms with Crippen molar-refractivity contribution in [3.8, 4) is 0 Å². The van der Waals surface area contributed by atoms with E-state index in [1.54, 1.807) is 0 Å². The van der Waals surface area contributed by atoms with Gasteiger partial charge in [0.15, 0.2) is 0 Å². The maximum atomic E-state index is 12.9. The first-order valence-electron chi connectivity index (χ1n) is 7.36. The summed E-state index contributed by atoms with van der Waals surface area (Å²) in [5, 5.41) is 1.57. The molecule has 0 fully saturated rings. The van der Waals surface area contributed by atoms with E-state index in [1.807, 2.05) is 29.2 Å². The molecule has 2 nitrogen and oxygen atoms in total. The number of amides is 1. The fourth-order valence-corrected chi connectivity index (χ4v) is 3.90. The van der Waals surface area contributed by atoms with E-state index in [-0.39, 0.29) is 5.91 Å². The zero-order chi connectivity index (χ0) is 15.6. The van der Waals surface area contributed by atoms with Crippen LogP contribution >= 0.6 is 22.9 Å². The van der Waals surface area contributed by atoms with E-state index in [4.69, 9.17) is 11.6 Å². The summed E-state index contributed by atoms with van der Waals surface area (Å²) in [5.41, 5.74) is 0. The van der Waals surface area contributed by atoms with Crippen LogP contribution in [0, 0.1) is 11.8 Å². The molecule has 0 N–H and O–H groups in total. The Morgan fingerprint density at radius 2 is 1.71 bits per heavy atom. The smallest absolute Gasteiger partial charge is 0.265 e. The molecule has 1 amide bonds. The molecule has 114 valence electrons. The van der Waals surface area contributed by atoms with Crippen molar-refractivity contribution in [3.63, 3.8) is 0 Å². The molecule has 0 aliphatic carbocycles. The van der Waals surface area contributed by atoms with Gasteiger partial charge in [-0.2, -0.15) is 0 Å². The summed E-state index contributed by atoms with van der Waals surface area (Å²) in [7, 11) is 0. The van der Waals surface area contributed by atoms with Crippen molar-refractivity contribution >= 4 is 38.9 Å². The standard InChI is InChI=1S/C17H22ClNOS/c1-11(2)9-19(10-12(3)4)17(20)16-15(18)13-7-5-6-8-14(13)21-16/h5-8,11-12H,9-10H2,1-4H3. The first kappa shape index (κ1) is 16.3. The highest BCUT2D eigenvalue weighted by Crippen LogP contribution is 2.36. The monoisotopic (exact) mass is 323 g/mol. The fourth-order valence-electron chi connectivity index (χ4n) is 2.42. The number of carbonyl (C=O) groups is 1. The number of halogens is 1. The molecule has 0 saturated heterocycles. The number of nitrogens with zero attached hydrogens (tertiary/aromatic N) is 1. The van der Waals surface area contributed by atoms with Crippen molar-refractivity contribution in [2.45, 2.75) is 27.7 Å². The third-order valence-electron chi connectivity index (χ3n) is 3.19. The molecule has 0 bridgehead atoms. The third-order valence-corrected chi connectivity index (χ3v) is 4.85. The second-order valence-corrected chi connectivity index (χ2v) is 7.67. The Kier molecular flexibility index (Phi) is 5.28. The lowest BCUT2D eigenvalue weighted by Gasteiger charge is -2.26. The van der Waals surface area contributed by atoms with E-state index in [0.717, 1.165) is 23.2 Å². The molecule has 1 heterocycles. The van der Waals surface area contributed by atoms with Gasteiger partial charge in [0.05, 0.1) is 5.02 Å². The van der Waals surface area contributed by atoms with Crippen LogP contribution in [0.25, 0.3) is 10.1 Å². The Morgan fingerprint density at radius 3 is 2.24 bits per heavy atom. The zero-order valence-corrected chi connectivity index (χ0v) is 14.6. The number of thiophene rings is 1. The predicted molar refractivity (Wildman–Crippen MR) is 92.4 cm³/mol. The van der Waals surface area contributed by atoms with Crippen LogP contribution in [-0.4, -0.2) is 23.9 Å². The highest BCUT2D eigenvalue weighted by Gasteiger charge is 2.23. The summed E-state index contributed by atoms with van der Waals surface area (Å²) < 4.78 is 1.07. The van der Waals surface area contributed by atoms with Gasteiger partial charge in [-0.05, 0) is 17.9 Å². The predicted octanol–water partition coefficient (Wildman–Crippen LogP) is 5.31. The number of hydrogen-bond acceptors (Lipinski definition) is 2. The van der Waals surface area contributed by atoms with Crippen LogP contribution in [0.3, 0.4) is 0 Å². The summed E-state index contributed by atoms with van der Waals surface area (Å²) in [6.45, 7) is 10.1. The van der Waals surface area contributed by atoms with Gasteiger partial charge in [-0.15, -0.1) is 11.3 Å². The fraction of sp³-hybridized carbons (Fsp3) is 0.471. The molecule has 2 aromatic rings. The minimum atomic E-state index is 0.0589. The quantitative estimate of drug-likeness (QED) is 0.730. The maximum Gasteiger partial charge on any atom is 0.265 e. The van der Waals surface area contributed by atoms with Crippen LogP contribution in [0.1, 0.15) is 37.4 Å². The minimum absolute atomic E-state index is 0.0589. The molecule has 0 spiro atoms. The molecule has 1 aromatic carbocycles. The van der Waals surface area contributed by atoms with Gasteiger partial charge in [0, 0.05) is 23.2 Å². The molecule has 0 saturated carbocycles. The average molecular weight is 324 g/mol.